The standard InChI is InChI=1S/C22H33N3O5S/c1-16-13-25(17(2)15-26)31(28,29)22-10-9-19(8-7-11-23(4)5)12-20(22)30-21(16)14-24(6)18(3)27/h9-10,12,16-17,21,26H,11,13-15H2,1-6H3/t16-,17+,21-/m1/s1. The zero-order valence-electron chi connectivity index (χ0n) is 19.1. The van der Waals surface area contributed by atoms with Crippen molar-refractivity contribution in [3.63, 3.8) is 0 Å². The van der Waals surface area contributed by atoms with Gasteiger partial charge in [0.05, 0.1) is 19.7 Å². The number of aliphatic hydroxyl groups is 1. The summed E-state index contributed by atoms with van der Waals surface area (Å²) in [5, 5.41) is 9.67. The Morgan fingerprint density at radius 1 is 1.35 bits per heavy atom. The zero-order chi connectivity index (χ0) is 23.3. The Morgan fingerprint density at radius 3 is 2.61 bits per heavy atom. The SMILES string of the molecule is CC(=O)N(C)C[C@H]1Oc2cc(C#CCN(C)C)ccc2S(=O)(=O)N([C@@H](C)CO)C[C@H]1C. The second kappa shape index (κ2) is 10.5. The lowest BCUT2D eigenvalue weighted by Gasteiger charge is -2.37. The van der Waals surface area contributed by atoms with E-state index >= 15 is 0 Å². The number of benzene rings is 1. The van der Waals surface area contributed by atoms with Gasteiger partial charge in [-0.1, -0.05) is 18.8 Å². The number of carbonyl (C=O) groups is 1. The molecule has 0 saturated heterocycles. The van der Waals surface area contributed by atoms with Gasteiger partial charge in [0.15, 0.2) is 0 Å². The van der Waals surface area contributed by atoms with Crippen LogP contribution in [-0.2, 0) is 14.8 Å². The maximum atomic E-state index is 13.4. The first kappa shape index (κ1) is 25.1. The molecule has 9 heteroatoms. The molecule has 2 rings (SSSR count). The summed E-state index contributed by atoms with van der Waals surface area (Å²) in [5.74, 6) is 5.96. The highest BCUT2D eigenvalue weighted by Crippen LogP contribution is 2.34. The summed E-state index contributed by atoms with van der Waals surface area (Å²) in [6, 6.07) is 4.20. The van der Waals surface area contributed by atoms with Crippen LogP contribution in [0.4, 0.5) is 0 Å². The first-order valence-electron chi connectivity index (χ1n) is 10.3. The topological polar surface area (TPSA) is 90.4 Å². The molecule has 1 amide bonds. The molecule has 1 heterocycles. The third kappa shape index (κ3) is 6.20. The molecule has 0 spiro atoms. The van der Waals surface area contributed by atoms with Crippen molar-refractivity contribution < 1.29 is 23.1 Å². The van der Waals surface area contributed by atoms with Crippen molar-refractivity contribution in [1.29, 1.82) is 0 Å². The van der Waals surface area contributed by atoms with Crippen LogP contribution in [0.2, 0.25) is 0 Å². The van der Waals surface area contributed by atoms with Crippen molar-refractivity contribution >= 4 is 15.9 Å². The number of nitrogens with zero attached hydrogens (tertiary/aromatic N) is 3. The molecule has 0 aromatic heterocycles. The summed E-state index contributed by atoms with van der Waals surface area (Å²) >= 11 is 0. The second-order valence-electron chi connectivity index (χ2n) is 8.34. The summed E-state index contributed by atoms with van der Waals surface area (Å²) in [6.45, 7) is 5.79. The highest BCUT2D eigenvalue weighted by atomic mass is 32.2. The molecule has 3 atom stereocenters. The molecule has 0 aliphatic carbocycles. The molecule has 8 nitrogen and oxygen atoms in total. The highest BCUT2D eigenvalue weighted by Gasteiger charge is 2.38. The van der Waals surface area contributed by atoms with Gasteiger partial charge >= 0.3 is 0 Å². The van der Waals surface area contributed by atoms with E-state index < -0.39 is 22.2 Å². The molecular formula is C22H33N3O5S. The minimum absolute atomic E-state index is 0.0355. The lowest BCUT2D eigenvalue weighted by molar-refractivity contribution is -0.129. The highest BCUT2D eigenvalue weighted by molar-refractivity contribution is 7.89. The van der Waals surface area contributed by atoms with Crippen LogP contribution in [0.3, 0.4) is 0 Å². The van der Waals surface area contributed by atoms with Crippen LogP contribution in [0.25, 0.3) is 0 Å². The van der Waals surface area contributed by atoms with E-state index in [1.165, 1.54) is 17.3 Å². The number of amides is 1. The van der Waals surface area contributed by atoms with E-state index in [-0.39, 0.29) is 35.6 Å². The lowest BCUT2D eigenvalue weighted by atomic mass is 10.0. The molecule has 1 N–H and O–H groups in total. The molecule has 1 aliphatic heterocycles. The van der Waals surface area contributed by atoms with Crippen molar-refractivity contribution in [3.05, 3.63) is 23.8 Å². The Kier molecular flexibility index (Phi) is 8.49. The number of aliphatic hydroxyl groups excluding tert-OH is 1. The van der Waals surface area contributed by atoms with Gasteiger partial charge in [-0.2, -0.15) is 4.31 Å². The Morgan fingerprint density at radius 2 is 2.03 bits per heavy atom. The van der Waals surface area contributed by atoms with Gasteiger partial charge in [0.2, 0.25) is 15.9 Å². The summed E-state index contributed by atoms with van der Waals surface area (Å²) in [4.78, 5) is 15.3. The molecule has 0 radical (unpaired) electrons. The predicted octanol–water partition coefficient (Wildman–Crippen LogP) is 0.847. The monoisotopic (exact) mass is 451 g/mol. The minimum Gasteiger partial charge on any atom is -0.487 e. The lowest BCUT2D eigenvalue weighted by Crippen LogP contribution is -2.50. The van der Waals surface area contributed by atoms with Gasteiger partial charge in [0.25, 0.3) is 0 Å². The van der Waals surface area contributed by atoms with Crippen molar-refractivity contribution in [1.82, 2.24) is 14.1 Å². The number of carbonyl (C=O) groups excluding carboxylic acids is 1. The van der Waals surface area contributed by atoms with Crippen LogP contribution in [-0.4, -0.2) is 93.1 Å². The Bertz CT molecular complexity index is 952. The van der Waals surface area contributed by atoms with Crippen molar-refractivity contribution in [2.75, 3.05) is 47.4 Å². The number of fused-ring (bicyclic) bond motifs is 1. The van der Waals surface area contributed by atoms with Gasteiger partial charge in [-0.25, -0.2) is 8.42 Å². The minimum atomic E-state index is -3.89. The van der Waals surface area contributed by atoms with Gasteiger partial charge in [-0.05, 0) is 39.2 Å². The molecule has 0 saturated carbocycles. The van der Waals surface area contributed by atoms with Crippen LogP contribution in [0.1, 0.15) is 26.3 Å². The van der Waals surface area contributed by atoms with Crippen LogP contribution >= 0.6 is 0 Å². The van der Waals surface area contributed by atoms with Crippen molar-refractivity contribution in [2.24, 2.45) is 5.92 Å². The molecule has 0 unspecified atom stereocenters. The smallest absolute Gasteiger partial charge is 0.247 e. The van der Waals surface area contributed by atoms with Gasteiger partial charge in [-0.3, -0.25) is 9.69 Å². The maximum absolute atomic E-state index is 13.4. The quantitative estimate of drug-likeness (QED) is 0.668. The third-order valence-electron chi connectivity index (χ3n) is 5.29. The number of hydrogen-bond donors (Lipinski definition) is 1. The van der Waals surface area contributed by atoms with E-state index in [0.717, 1.165) is 0 Å². The van der Waals surface area contributed by atoms with E-state index in [9.17, 15) is 18.3 Å². The second-order valence-corrected chi connectivity index (χ2v) is 10.2. The van der Waals surface area contributed by atoms with E-state index in [1.807, 2.05) is 25.9 Å². The third-order valence-corrected chi connectivity index (χ3v) is 7.31. The molecule has 1 aromatic carbocycles. The number of likely N-dealkylation sites (N-methyl/N-ethyl adjacent to an activating group) is 1. The average Bonchev–Trinajstić information content (AvgIpc) is 2.69. The summed E-state index contributed by atoms with van der Waals surface area (Å²) in [7, 11) is 1.62. The molecular weight excluding hydrogens is 418 g/mol. The molecule has 1 aliphatic rings. The molecule has 0 fully saturated rings. The molecule has 1 aromatic rings. The zero-order valence-corrected chi connectivity index (χ0v) is 19.9. The van der Waals surface area contributed by atoms with E-state index in [2.05, 4.69) is 11.8 Å². The van der Waals surface area contributed by atoms with Crippen molar-refractivity contribution in [3.8, 4) is 17.6 Å². The maximum Gasteiger partial charge on any atom is 0.247 e. The van der Waals surface area contributed by atoms with Crippen molar-refractivity contribution in [2.45, 2.75) is 37.8 Å². The number of ether oxygens (including phenoxy) is 1. The summed E-state index contributed by atoms with van der Waals surface area (Å²) < 4.78 is 34.3. The molecule has 31 heavy (non-hydrogen) atoms. The first-order chi connectivity index (χ1) is 14.5. The van der Waals surface area contributed by atoms with E-state index in [1.54, 1.807) is 31.0 Å². The normalized spacial score (nSPS) is 21.7. The van der Waals surface area contributed by atoms with E-state index in [0.29, 0.717) is 18.7 Å². The van der Waals surface area contributed by atoms with Gasteiger partial charge in [0, 0.05) is 38.0 Å². The molecule has 0 bridgehead atoms. The summed E-state index contributed by atoms with van der Waals surface area (Å²) in [5.41, 5.74) is 0.643. The van der Waals surface area contributed by atoms with Crippen LogP contribution in [0.15, 0.2) is 23.1 Å². The van der Waals surface area contributed by atoms with Crippen LogP contribution in [0.5, 0.6) is 5.75 Å². The van der Waals surface area contributed by atoms with Crippen LogP contribution in [0, 0.1) is 17.8 Å². The fourth-order valence-corrected chi connectivity index (χ4v) is 5.05. The largest absolute Gasteiger partial charge is 0.487 e. The van der Waals surface area contributed by atoms with E-state index in [4.69, 9.17) is 4.74 Å². The van der Waals surface area contributed by atoms with Gasteiger partial charge in [0.1, 0.15) is 16.7 Å². The molecule has 172 valence electrons. The Labute approximate surface area is 185 Å². The van der Waals surface area contributed by atoms with Gasteiger partial charge in [-0.15, -0.1) is 0 Å². The first-order valence-corrected chi connectivity index (χ1v) is 11.7. The predicted molar refractivity (Wildman–Crippen MR) is 119 cm³/mol. The van der Waals surface area contributed by atoms with Gasteiger partial charge < -0.3 is 14.7 Å². The number of rotatable bonds is 5. The fourth-order valence-electron chi connectivity index (χ4n) is 3.22. The average molecular weight is 452 g/mol. The number of hydrogen-bond acceptors (Lipinski definition) is 6. The Hall–Kier alpha value is -2.12. The van der Waals surface area contributed by atoms with Crippen LogP contribution < -0.4 is 4.74 Å². The Balaban J connectivity index is 2.56. The fraction of sp³-hybridized carbons (Fsp3) is 0.591. The summed E-state index contributed by atoms with van der Waals surface area (Å²) in [6.07, 6.45) is -0.429. The number of sulfonamides is 1.